The number of carboxylic acids is 1. The quantitative estimate of drug-likeness (QED) is 0.908. The van der Waals surface area contributed by atoms with Crippen molar-refractivity contribution in [2.45, 2.75) is 6.61 Å². The van der Waals surface area contributed by atoms with Gasteiger partial charge in [0, 0.05) is 12.3 Å². The molecule has 0 atom stereocenters. The van der Waals surface area contributed by atoms with Crippen LogP contribution >= 0.6 is 0 Å². The zero-order chi connectivity index (χ0) is 13.1. The Morgan fingerprint density at radius 1 is 1.44 bits per heavy atom. The van der Waals surface area contributed by atoms with Crippen LogP contribution in [0, 0.1) is 0 Å². The topological polar surface area (TPSA) is 64.3 Å². The minimum Gasteiger partial charge on any atom is -0.478 e. The number of hydrogen-bond acceptors (Lipinski definition) is 3. The molecule has 0 amide bonds. The summed E-state index contributed by atoms with van der Waals surface area (Å²) >= 11 is 0. The largest absolute Gasteiger partial charge is 0.478 e. The summed E-state index contributed by atoms with van der Waals surface area (Å²) in [4.78, 5) is 10.7. The molecule has 1 aromatic carbocycles. The van der Waals surface area contributed by atoms with Crippen molar-refractivity contribution in [1.82, 2.24) is 9.78 Å². The Morgan fingerprint density at radius 2 is 2.22 bits per heavy atom. The van der Waals surface area contributed by atoms with E-state index in [0.29, 0.717) is 5.69 Å². The summed E-state index contributed by atoms with van der Waals surface area (Å²) in [6.07, 6.45) is 2.45. The number of aromatic nitrogens is 2. The number of benzene rings is 1. The first-order valence-electron chi connectivity index (χ1n) is 4.89. The summed E-state index contributed by atoms with van der Waals surface area (Å²) in [6.45, 7) is -2.91. The van der Waals surface area contributed by atoms with Crippen LogP contribution in [0.4, 0.5) is 8.78 Å². The van der Waals surface area contributed by atoms with Gasteiger partial charge >= 0.3 is 12.6 Å². The maximum Gasteiger partial charge on any atom is 0.387 e. The van der Waals surface area contributed by atoms with Crippen molar-refractivity contribution >= 4 is 5.97 Å². The van der Waals surface area contributed by atoms with Gasteiger partial charge in [-0.3, -0.25) is 0 Å². The number of nitrogens with zero attached hydrogens (tertiary/aromatic N) is 2. The van der Waals surface area contributed by atoms with Gasteiger partial charge in [-0.1, -0.05) is 6.07 Å². The number of ether oxygens (including phenoxy) is 1. The Balaban J connectivity index is 2.29. The van der Waals surface area contributed by atoms with E-state index in [9.17, 15) is 13.6 Å². The number of rotatable bonds is 4. The van der Waals surface area contributed by atoms with Gasteiger partial charge in [-0.05, 0) is 12.1 Å². The molecular weight excluding hydrogens is 246 g/mol. The Labute approximate surface area is 100 Å². The highest BCUT2D eigenvalue weighted by Crippen LogP contribution is 2.18. The highest BCUT2D eigenvalue weighted by atomic mass is 19.3. The first-order chi connectivity index (χ1) is 8.56. The molecule has 18 heavy (non-hydrogen) atoms. The summed E-state index contributed by atoms with van der Waals surface area (Å²) in [7, 11) is 0. The lowest BCUT2D eigenvalue weighted by Gasteiger charge is -2.06. The van der Waals surface area contributed by atoms with Crippen LogP contribution in [0.15, 0.2) is 36.7 Å². The number of carboxylic acid groups (broad SMARTS) is 1. The predicted octanol–water partition coefficient (Wildman–Crippen LogP) is 2.17. The highest BCUT2D eigenvalue weighted by molar-refractivity contribution is 5.86. The lowest BCUT2D eigenvalue weighted by Crippen LogP contribution is -2.03. The molecule has 0 aliphatic heterocycles. The Bertz CT molecular complexity index is 569. The van der Waals surface area contributed by atoms with E-state index >= 15 is 0 Å². The molecule has 0 aliphatic rings. The van der Waals surface area contributed by atoms with Crippen LogP contribution in [0.2, 0.25) is 0 Å². The highest BCUT2D eigenvalue weighted by Gasteiger charge is 2.09. The normalized spacial score (nSPS) is 10.6. The van der Waals surface area contributed by atoms with E-state index in [4.69, 9.17) is 5.11 Å². The summed E-state index contributed by atoms with van der Waals surface area (Å²) in [5.41, 5.74) is 0.441. The van der Waals surface area contributed by atoms with E-state index in [-0.39, 0.29) is 11.3 Å². The van der Waals surface area contributed by atoms with Crippen LogP contribution in [0.1, 0.15) is 10.4 Å². The Hall–Kier alpha value is -2.44. The molecule has 0 saturated carbocycles. The Kier molecular flexibility index (Phi) is 3.22. The average molecular weight is 254 g/mol. The van der Waals surface area contributed by atoms with Crippen LogP contribution in [-0.2, 0) is 0 Å². The lowest BCUT2D eigenvalue weighted by molar-refractivity contribution is -0.0498. The fraction of sp³-hybridized carbons (Fsp3) is 0.0909. The molecule has 1 heterocycles. The number of carbonyl (C=O) groups is 1. The van der Waals surface area contributed by atoms with Crippen LogP contribution in [0.25, 0.3) is 5.69 Å². The fourth-order valence-corrected chi connectivity index (χ4v) is 1.38. The van der Waals surface area contributed by atoms with Gasteiger partial charge in [-0.25, -0.2) is 9.48 Å². The maximum absolute atomic E-state index is 12.0. The van der Waals surface area contributed by atoms with E-state index in [1.165, 1.54) is 35.3 Å². The number of aromatic carboxylic acids is 1. The summed E-state index contributed by atoms with van der Waals surface area (Å²) < 4.78 is 29.6. The van der Waals surface area contributed by atoms with Crippen molar-refractivity contribution in [2.24, 2.45) is 0 Å². The lowest BCUT2D eigenvalue weighted by atomic mass is 10.3. The second-order valence-electron chi connectivity index (χ2n) is 3.35. The molecule has 1 N–H and O–H groups in total. The first-order valence-corrected chi connectivity index (χ1v) is 4.89. The zero-order valence-electron chi connectivity index (χ0n) is 8.96. The summed E-state index contributed by atoms with van der Waals surface area (Å²) in [5.74, 6) is -1.13. The molecule has 0 aliphatic carbocycles. The molecule has 94 valence electrons. The van der Waals surface area contributed by atoms with Gasteiger partial charge in [0.1, 0.15) is 5.75 Å². The fourth-order valence-electron chi connectivity index (χ4n) is 1.38. The summed E-state index contributed by atoms with van der Waals surface area (Å²) in [6, 6.07) is 5.81. The van der Waals surface area contributed by atoms with Gasteiger partial charge in [0.2, 0.25) is 0 Å². The van der Waals surface area contributed by atoms with Gasteiger partial charge in [0.25, 0.3) is 0 Å². The Morgan fingerprint density at radius 3 is 2.83 bits per heavy atom. The molecular formula is C11H8F2N2O3. The van der Waals surface area contributed by atoms with Gasteiger partial charge in [-0.15, -0.1) is 0 Å². The van der Waals surface area contributed by atoms with Crippen molar-refractivity contribution in [1.29, 1.82) is 0 Å². The molecule has 0 unspecified atom stereocenters. The SMILES string of the molecule is O=C(O)c1cnn(-c2cccc(OC(F)F)c2)c1. The van der Waals surface area contributed by atoms with Crippen molar-refractivity contribution in [3.05, 3.63) is 42.2 Å². The number of alkyl halides is 2. The standard InChI is InChI=1S/C11H8F2N2O3/c12-11(13)18-9-3-1-2-8(4-9)15-6-7(5-14-15)10(16)17/h1-6,11H,(H,16,17). The van der Waals surface area contributed by atoms with Crippen LogP contribution in [-0.4, -0.2) is 27.5 Å². The predicted molar refractivity (Wildman–Crippen MR) is 57.2 cm³/mol. The third-order valence-electron chi connectivity index (χ3n) is 2.14. The molecule has 2 aromatic rings. The first kappa shape index (κ1) is 12.0. The molecule has 0 spiro atoms. The molecule has 7 heteroatoms. The molecule has 0 bridgehead atoms. The van der Waals surface area contributed by atoms with Crippen molar-refractivity contribution in [3.8, 4) is 11.4 Å². The van der Waals surface area contributed by atoms with Gasteiger partial charge in [-0.2, -0.15) is 13.9 Å². The van der Waals surface area contributed by atoms with E-state index in [2.05, 4.69) is 9.84 Å². The molecule has 0 fully saturated rings. The number of hydrogen-bond donors (Lipinski definition) is 1. The summed E-state index contributed by atoms with van der Waals surface area (Å²) in [5, 5.41) is 12.6. The third-order valence-corrected chi connectivity index (χ3v) is 2.14. The zero-order valence-corrected chi connectivity index (χ0v) is 8.96. The molecule has 5 nitrogen and oxygen atoms in total. The van der Waals surface area contributed by atoms with Gasteiger partial charge in [0.05, 0.1) is 17.4 Å². The number of halogens is 2. The van der Waals surface area contributed by atoms with Crippen molar-refractivity contribution in [3.63, 3.8) is 0 Å². The second kappa shape index (κ2) is 4.82. The van der Waals surface area contributed by atoms with E-state index in [1.807, 2.05) is 0 Å². The van der Waals surface area contributed by atoms with Gasteiger partial charge in [0.15, 0.2) is 0 Å². The third kappa shape index (κ3) is 2.62. The van der Waals surface area contributed by atoms with E-state index in [0.717, 1.165) is 0 Å². The molecule has 1 aromatic heterocycles. The minimum atomic E-state index is -2.91. The van der Waals surface area contributed by atoms with Gasteiger partial charge < -0.3 is 9.84 Å². The van der Waals surface area contributed by atoms with Crippen molar-refractivity contribution < 1.29 is 23.4 Å². The van der Waals surface area contributed by atoms with Crippen LogP contribution in [0.5, 0.6) is 5.75 Å². The molecule has 2 rings (SSSR count). The van der Waals surface area contributed by atoms with Crippen molar-refractivity contribution in [2.75, 3.05) is 0 Å². The van der Waals surface area contributed by atoms with Crippen LogP contribution < -0.4 is 4.74 Å². The molecule has 0 saturated heterocycles. The second-order valence-corrected chi connectivity index (χ2v) is 3.35. The monoisotopic (exact) mass is 254 g/mol. The minimum absolute atomic E-state index is 0.00943. The van der Waals surface area contributed by atoms with E-state index < -0.39 is 12.6 Å². The van der Waals surface area contributed by atoms with Crippen LogP contribution in [0.3, 0.4) is 0 Å². The average Bonchev–Trinajstić information content (AvgIpc) is 2.77. The van der Waals surface area contributed by atoms with E-state index in [1.54, 1.807) is 6.07 Å². The molecule has 0 radical (unpaired) electrons. The smallest absolute Gasteiger partial charge is 0.387 e. The maximum atomic E-state index is 12.0.